The lowest BCUT2D eigenvalue weighted by atomic mass is 10.1. The van der Waals surface area contributed by atoms with Crippen molar-refractivity contribution in [2.24, 2.45) is 0 Å². The van der Waals surface area contributed by atoms with E-state index >= 15 is 0 Å². The fourth-order valence-corrected chi connectivity index (χ4v) is 3.27. The molecule has 3 rings (SSSR count). The Morgan fingerprint density at radius 1 is 1.32 bits per heavy atom. The predicted molar refractivity (Wildman–Crippen MR) is 85.5 cm³/mol. The monoisotopic (exact) mass is 305 g/mol. The molecule has 0 spiro atoms. The number of aromatic nitrogens is 4. The Morgan fingerprint density at radius 2 is 2.00 bits per heavy atom. The minimum atomic E-state index is -0.273. The minimum Gasteiger partial charge on any atom is -0.322 e. The first kappa shape index (κ1) is 15.0. The van der Waals surface area contributed by atoms with Gasteiger partial charge in [0, 0.05) is 18.6 Å². The summed E-state index contributed by atoms with van der Waals surface area (Å²) in [4.78, 5) is 29.7. The number of imidazole rings is 1. The molecule has 2 aromatic heterocycles. The van der Waals surface area contributed by atoms with Crippen LogP contribution >= 0.6 is 0 Å². The highest BCUT2D eigenvalue weighted by molar-refractivity contribution is 5.70. The minimum absolute atomic E-state index is 0.0372. The molecule has 1 saturated heterocycles. The molecule has 0 amide bonds. The van der Waals surface area contributed by atoms with E-state index in [9.17, 15) is 9.59 Å². The largest absolute Gasteiger partial charge is 0.332 e. The molecular weight excluding hydrogens is 282 g/mol. The lowest BCUT2D eigenvalue weighted by molar-refractivity contribution is 0.373. The molecule has 3 heterocycles. The van der Waals surface area contributed by atoms with Crippen LogP contribution in [0.3, 0.4) is 0 Å². The van der Waals surface area contributed by atoms with Crippen molar-refractivity contribution in [1.82, 2.24) is 24.0 Å². The Bertz CT molecular complexity index is 793. The summed E-state index contributed by atoms with van der Waals surface area (Å²) in [6.45, 7) is 7.96. The summed E-state index contributed by atoms with van der Waals surface area (Å²) >= 11 is 0. The van der Waals surface area contributed by atoms with Crippen LogP contribution in [0.4, 0.5) is 0 Å². The maximum Gasteiger partial charge on any atom is 0.332 e. The van der Waals surface area contributed by atoms with Gasteiger partial charge in [-0.1, -0.05) is 0 Å². The predicted octanol–water partition coefficient (Wildman–Crippen LogP) is 0.885. The molecule has 1 aliphatic heterocycles. The van der Waals surface area contributed by atoms with E-state index in [-0.39, 0.29) is 23.3 Å². The fourth-order valence-electron chi connectivity index (χ4n) is 3.27. The smallest absolute Gasteiger partial charge is 0.322 e. The van der Waals surface area contributed by atoms with Gasteiger partial charge in [0.25, 0.3) is 5.56 Å². The first-order chi connectivity index (χ1) is 10.6. The van der Waals surface area contributed by atoms with Gasteiger partial charge in [-0.3, -0.25) is 13.9 Å². The second-order valence-corrected chi connectivity index (χ2v) is 6.10. The van der Waals surface area contributed by atoms with Crippen LogP contribution in [0.5, 0.6) is 0 Å². The number of fused-ring (bicyclic) bond motifs is 1. The van der Waals surface area contributed by atoms with Crippen LogP contribution in [0.1, 0.15) is 45.7 Å². The number of rotatable bonds is 3. The summed E-state index contributed by atoms with van der Waals surface area (Å²) < 4.78 is 4.91. The second kappa shape index (κ2) is 5.72. The van der Waals surface area contributed by atoms with Crippen molar-refractivity contribution >= 4 is 11.2 Å². The van der Waals surface area contributed by atoms with E-state index in [1.807, 2.05) is 25.3 Å². The third kappa shape index (κ3) is 2.20. The summed E-state index contributed by atoms with van der Waals surface area (Å²) in [5.41, 5.74) is 0.566. The van der Waals surface area contributed by atoms with Crippen molar-refractivity contribution in [3.63, 3.8) is 0 Å². The molecule has 2 aromatic rings. The summed E-state index contributed by atoms with van der Waals surface area (Å²) in [6, 6.07) is 0.229. The van der Waals surface area contributed by atoms with Gasteiger partial charge in [0.15, 0.2) is 11.2 Å². The van der Waals surface area contributed by atoms with Crippen LogP contribution in [0.25, 0.3) is 11.2 Å². The standard InChI is InChI=1S/C15H23N5O2/c1-4-18-14(21)12-13(20(10(2)3)15(18)22)17-9-19(12)11-5-7-16-8-6-11/h9-11,16H,4-8H2,1-3H3. The van der Waals surface area contributed by atoms with Crippen LogP contribution in [0, 0.1) is 0 Å². The first-order valence-electron chi connectivity index (χ1n) is 7.98. The summed E-state index contributed by atoms with van der Waals surface area (Å²) in [6.07, 6.45) is 3.66. The number of hydrogen-bond donors (Lipinski definition) is 1. The van der Waals surface area contributed by atoms with Crippen molar-refractivity contribution < 1.29 is 0 Å². The Balaban J connectivity index is 2.32. The first-order valence-corrected chi connectivity index (χ1v) is 7.98. The third-order valence-corrected chi connectivity index (χ3v) is 4.42. The molecule has 1 aliphatic rings. The van der Waals surface area contributed by atoms with E-state index in [2.05, 4.69) is 10.3 Å². The number of piperidine rings is 1. The second-order valence-electron chi connectivity index (χ2n) is 6.10. The topological polar surface area (TPSA) is 73.8 Å². The van der Waals surface area contributed by atoms with Gasteiger partial charge in [0.1, 0.15) is 0 Å². The zero-order valence-electron chi connectivity index (χ0n) is 13.4. The molecular formula is C15H23N5O2. The summed E-state index contributed by atoms with van der Waals surface area (Å²) in [7, 11) is 0. The van der Waals surface area contributed by atoms with E-state index in [4.69, 9.17) is 0 Å². The van der Waals surface area contributed by atoms with Gasteiger partial charge in [-0.15, -0.1) is 0 Å². The van der Waals surface area contributed by atoms with Gasteiger partial charge in [-0.05, 0) is 46.7 Å². The molecule has 0 atom stereocenters. The molecule has 0 aliphatic carbocycles. The maximum absolute atomic E-state index is 12.8. The average molecular weight is 305 g/mol. The van der Waals surface area contributed by atoms with E-state index in [0.29, 0.717) is 17.7 Å². The molecule has 7 nitrogen and oxygen atoms in total. The highest BCUT2D eigenvalue weighted by Crippen LogP contribution is 2.22. The highest BCUT2D eigenvalue weighted by atomic mass is 16.2. The Hall–Kier alpha value is -1.89. The molecule has 120 valence electrons. The van der Waals surface area contributed by atoms with E-state index < -0.39 is 0 Å². The third-order valence-electron chi connectivity index (χ3n) is 4.42. The van der Waals surface area contributed by atoms with E-state index in [0.717, 1.165) is 25.9 Å². The molecule has 22 heavy (non-hydrogen) atoms. The number of nitrogens with zero attached hydrogens (tertiary/aromatic N) is 4. The molecule has 0 radical (unpaired) electrons. The number of hydrogen-bond acceptors (Lipinski definition) is 4. The summed E-state index contributed by atoms with van der Waals surface area (Å²) in [5.74, 6) is 0. The Morgan fingerprint density at radius 3 is 2.59 bits per heavy atom. The molecule has 1 fully saturated rings. The molecule has 0 bridgehead atoms. The molecule has 0 aromatic carbocycles. The van der Waals surface area contributed by atoms with Gasteiger partial charge in [-0.25, -0.2) is 9.78 Å². The molecule has 0 saturated carbocycles. The van der Waals surface area contributed by atoms with E-state index in [1.54, 1.807) is 10.9 Å². The fraction of sp³-hybridized carbons (Fsp3) is 0.667. The van der Waals surface area contributed by atoms with Crippen molar-refractivity contribution in [1.29, 1.82) is 0 Å². The lowest BCUT2D eigenvalue weighted by Crippen LogP contribution is -2.41. The van der Waals surface area contributed by atoms with Gasteiger partial charge in [-0.2, -0.15) is 0 Å². The SMILES string of the molecule is CCn1c(=O)c2c(ncn2C2CCNCC2)n(C(C)C)c1=O. The van der Waals surface area contributed by atoms with Crippen molar-refractivity contribution in [3.05, 3.63) is 27.2 Å². The molecule has 1 N–H and O–H groups in total. The zero-order valence-corrected chi connectivity index (χ0v) is 13.4. The highest BCUT2D eigenvalue weighted by Gasteiger charge is 2.23. The Kier molecular flexibility index (Phi) is 3.90. The maximum atomic E-state index is 12.8. The lowest BCUT2D eigenvalue weighted by Gasteiger charge is -2.24. The van der Waals surface area contributed by atoms with Gasteiger partial charge in [0.05, 0.1) is 6.33 Å². The molecule has 0 unspecified atom stereocenters. The van der Waals surface area contributed by atoms with Crippen LogP contribution in [-0.4, -0.2) is 31.8 Å². The average Bonchev–Trinajstić information content (AvgIpc) is 2.93. The van der Waals surface area contributed by atoms with Crippen LogP contribution in [0.15, 0.2) is 15.9 Å². The number of nitrogens with one attached hydrogen (secondary N) is 1. The zero-order chi connectivity index (χ0) is 15.9. The van der Waals surface area contributed by atoms with Gasteiger partial charge < -0.3 is 9.88 Å². The van der Waals surface area contributed by atoms with Crippen molar-refractivity contribution in [2.45, 2.75) is 52.2 Å². The molecule has 7 heteroatoms. The van der Waals surface area contributed by atoms with Gasteiger partial charge in [0.2, 0.25) is 0 Å². The van der Waals surface area contributed by atoms with Crippen LogP contribution in [0.2, 0.25) is 0 Å². The summed E-state index contributed by atoms with van der Waals surface area (Å²) in [5, 5.41) is 3.33. The van der Waals surface area contributed by atoms with Crippen molar-refractivity contribution in [3.8, 4) is 0 Å². The Labute approximate surface area is 128 Å². The van der Waals surface area contributed by atoms with Crippen LogP contribution in [-0.2, 0) is 6.54 Å². The van der Waals surface area contributed by atoms with E-state index in [1.165, 1.54) is 4.57 Å². The normalized spacial score (nSPS) is 16.7. The van der Waals surface area contributed by atoms with Crippen LogP contribution < -0.4 is 16.6 Å². The van der Waals surface area contributed by atoms with Gasteiger partial charge >= 0.3 is 5.69 Å². The van der Waals surface area contributed by atoms with Crippen molar-refractivity contribution in [2.75, 3.05) is 13.1 Å². The quantitative estimate of drug-likeness (QED) is 0.914.